The van der Waals surface area contributed by atoms with Gasteiger partial charge in [-0.2, -0.15) is 0 Å². The van der Waals surface area contributed by atoms with E-state index in [9.17, 15) is 9.90 Å². The maximum absolute atomic E-state index is 11.7. The minimum atomic E-state index is -0.934. The molecule has 0 aliphatic carbocycles. The number of thioether (sulfide) groups is 1. The molecule has 0 aliphatic heterocycles. The van der Waals surface area contributed by atoms with Crippen LogP contribution in [-0.2, 0) is 17.6 Å². The molecule has 1 heterocycles. The third-order valence-electron chi connectivity index (χ3n) is 4.86. The van der Waals surface area contributed by atoms with E-state index >= 15 is 0 Å². The molecule has 3 aromatic rings. The molecular formula is C26H27ClN2O2S. The summed E-state index contributed by atoms with van der Waals surface area (Å²) in [5.41, 5.74) is 3.04. The van der Waals surface area contributed by atoms with Gasteiger partial charge in [-0.25, -0.2) is 9.78 Å². The third-order valence-corrected chi connectivity index (χ3v) is 6.29. The molecule has 1 atom stereocenters. The summed E-state index contributed by atoms with van der Waals surface area (Å²) < 4.78 is 0. The molecule has 0 bridgehead atoms. The Balaban J connectivity index is 1.75. The molecule has 0 saturated carbocycles. The fraction of sp³-hybridized carbons (Fsp3) is 0.231. The van der Waals surface area contributed by atoms with Gasteiger partial charge in [-0.1, -0.05) is 97.4 Å². The SMILES string of the molecule is CCCC=CC(Cc1ccccc1Cl)Sc1ncc(/C=C(\Cc2ccccc2)C(=O)O)[nH]1. The van der Waals surface area contributed by atoms with Crippen molar-refractivity contribution in [3.8, 4) is 0 Å². The first-order valence-electron chi connectivity index (χ1n) is 10.6. The number of hydrogen-bond donors (Lipinski definition) is 2. The highest BCUT2D eigenvalue weighted by Gasteiger charge is 2.14. The van der Waals surface area contributed by atoms with Gasteiger partial charge >= 0.3 is 5.97 Å². The standard InChI is InChI=1S/C26H27ClN2O2S/c1-2-3-5-13-23(17-20-12-8-9-14-24(20)27)32-26-28-18-22(29-26)16-21(25(30)31)15-19-10-6-4-7-11-19/h4-14,16,18,23H,2-3,15,17H2,1H3,(H,28,29)(H,30,31)/b13-5?,21-16+. The van der Waals surface area contributed by atoms with Crippen LogP contribution in [0.25, 0.3) is 6.08 Å². The molecule has 2 aromatic carbocycles. The van der Waals surface area contributed by atoms with Crippen molar-refractivity contribution in [3.05, 3.63) is 100 Å². The zero-order chi connectivity index (χ0) is 22.8. The van der Waals surface area contributed by atoms with Crippen molar-refractivity contribution < 1.29 is 9.90 Å². The molecule has 0 saturated heterocycles. The van der Waals surface area contributed by atoms with Crippen LogP contribution in [0.4, 0.5) is 0 Å². The van der Waals surface area contributed by atoms with Crippen molar-refractivity contribution in [3.63, 3.8) is 0 Å². The van der Waals surface area contributed by atoms with Crippen LogP contribution in [0.3, 0.4) is 0 Å². The van der Waals surface area contributed by atoms with E-state index in [4.69, 9.17) is 11.6 Å². The second-order valence-corrected chi connectivity index (χ2v) is 9.08. The van der Waals surface area contributed by atoms with Gasteiger partial charge in [-0.05, 0) is 36.1 Å². The van der Waals surface area contributed by atoms with Gasteiger partial charge in [0.05, 0.1) is 11.9 Å². The van der Waals surface area contributed by atoms with Crippen molar-refractivity contribution in [1.29, 1.82) is 0 Å². The Morgan fingerprint density at radius 1 is 1.19 bits per heavy atom. The normalized spacial score (nSPS) is 12.9. The van der Waals surface area contributed by atoms with E-state index in [2.05, 4.69) is 29.0 Å². The van der Waals surface area contributed by atoms with Gasteiger partial charge in [-0.15, -0.1) is 0 Å². The maximum Gasteiger partial charge on any atom is 0.331 e. The number of aromatic nitrogens is 2. The maximum atomic E-state index is 11.7. The number of H-pyrrole nitrogens is 1. The van der Waals surface area contributed by atoms with E-state index in [1.807, 2.05) is 54.6 Å². The van der Waals surface area contributed by atoms with Crippen LogP contribution in [0.2, 0.25) is 5.02 Å². The average Bonchev–Trinajstić information content (AvgIpc) is 3.22. The highest BCUT2D eigenvalue weighted by atomic mass is 35.5. The zero-order valence-electron chi connectivity index (χ0n) is 18.0. The largest absolute Gasteiger partial charge is 0.478 e. The van der Waals surface area contributed by atoms with Gasteiger partial charge in [0.25, 0.3) is 0 Å². The monoisotopic (exact) mass is 466 g/mol. The number of rotatable bonds is 11. The number of carboxylic acids is 1. The summed E-state index contributed by atoms with van der Waals surface area (Å²) in [6.45, 7) is 2.15. The number of halogens is 1. The number of hydrogen-bond acceptors (Lipinski definition) is 3. The molecule has 32 heavy (non-hydrogen) atoms. The lowest BCUT2D eigenvalue weighted by atomic mass is 10.0. The zero-order valence-corrected chi connectivity index (χ0v) is 19.6. The van der Waals surface area contributed by atoms with Gasteiger partial charge in [-0.3, -0.25) is 0 Å². The molecule has 166 valence electrons. The Labute approximate surface area is 198 Å². The summed E-state index contributed by atoms with van der Waals surface area (Å²) in [5, 5.41) is 11.3. The van der Waals surface area contributed by atoms with Crippen LogP contribution in [-0.4, -0.2) is 26.3 Å². The van der Waals surface area contributed by atoms with Crippen molar-refractivity contribution in [2.75, 3.05) is 0 Å². The second-order valence-electron chi connectivity index (χ2n) is 7.45. The van der Waals surface area contributed by atoms with Gasteiger partial charge in [0.1, 0.15) is 0 Å². The molecule has 0 spiro atoms. The molecule has 1 aromatic heterocycles. The first-order valence-corrected chi connectivity index (χ1v) is 11.9. The van der Waals surface area contributed by atoms with Gasteiger partial charge in [0.2, 0.25) is 0 Å². The predicted octanol–water partition coefficient (Wildman–Crippen LogP) is 6.83. The van der Waals surface area contributed by atoms with Crippen LogP contribution in [0, 0.1) is 0 Å². The first-order chi connectivity index (χ1) is 15.5. The molecule has 1 unspecified atom stereocenters. The first kappa shape index (κ1) is 23.9. The van der Waals surface area contributed by atoms with E-state index in [1.165, 1.54) is 0 Å². The van der Waals surface area contributed by atoms with Crippen molar-refractivity contribution in [1.82, 2.24) is 9.97 Å². The van der Waals surface area contributed by atoms with Gasteiger partial charge in [0, 0.05) is 22.3 Å². The summed E-state index contributed by atoms with van der Waals surface area (Å²) in [7, 11) is 0. The molecule has 2 N–H and O–H groups in total. The number of imidazole rings is 1. The van der Waals surface area contributed by atoms with Crippen molar-refractivity contribution in [2.45, 2.75) is 43.0 Å². The van der Waals surface area contributed by atoms with Gasteiger partial charge < -0.3 is 10.1 Å². The molecule has 4 nitrogen and oxygen atoms in total. The fourth-order valence-electron chi connectivity index (χ4n) is 3.23. The van der Waals surface area contributed by atoms with E-state index in [0.29, 0.717) is 17.7 Å². The van der Waals surface area contributed by atoms with Crippen molar-refractivity contribution in [2.24, 2.45) is 0 Å². The fourth-order valence-corrected chi connectivity index (χ4v) is 4.47. The third kappa shape index (κ3) is 7.43. The number of carbonyl (C=O) groups is 1. The summed E-state index contributed by atoms with van der Waals surface area (Å²) in [5.74, 6) is -0.934. The Kier molecular flexibility index (Phi) is 9.20. The van der Waals surface area contributed by atoms with E-state index in [0.717, 1.165) is 40.6 Å². The number of nitrogens with zero attached hydrogens (tertiary/aromatic N) is 1. The number of unbranched alkanes of at least 4 members (excludes halogenated alkanes) is 1. The highest BCUT2D eigenvalue weighted by molar-refractivity contribution is 7.99. The Morgan fingerprint density at radius 2 is 1.94 bits per heavy atom. The summed E-state index contributed by atoms with van der Waals surface area (Å²) >= 11 is 7.98. The summed E-state index contributed by atoms with van der Waals surface area (Å²) in [6.07, 6.45) is 11.0. The van der Waals surface area contributed by atoms with Crippen molar-refractivity contribution >= 4 is 35.4 Å². The van der Waals surface area contributed by atoms with E-state index < -0.39 is 5.97 Å². The minimum absolute atomic E-state index is 0.160. The van der Waals surface area contributed by atoms with E-state index in [1.54, 1.807) is 24.0 Å². The number of aliphatic carboxylic acids is 1. The smallest absolute Gasteiger partial charge is 0.331 e. The van der Waals surface area contributed by atoms with E-state index in [-0.39, 0.29) is 5.25 Å². The lowest BCUT2D eigenvalue weighted by Gasteiger charge is -2.12. The topological polar surface area (TPSA) is 66.0 Å². The molecule has 0 radical (unpaired) electrons. The minimum Gasteiger partial charge on any atom is -0.478 e. The van der Waals surface area contributed by atoms with Crippen LogP contribution in [0.1, 0.15) is 36.6 Å². The molecule has 0 aliphatic rings. The number of aromatic amines is 1. The Morgan fingerprint density at radius 3 is 2.66 bits per heavy atom. The molecule has 0 amide bonds. The number of carboxylic acid groups (broad SMARTS) is 1. The molecule has 6 heteroatoms. The Bertz CT molecular complexity index is 1080. The van der Waals surface area contributed by atoms with Crippen LogP contribution < -0.4 is 0 Å². The van der Waals surface area contributed by atoms with Crippen LogP contribution in [0.5, 0.6) is 0 Å². The average molecular weight is 467 g/mol. The molecular weight excluding hydrogens is 440 g/mol. The summed E-state index contributed by atoms with van der Waals surface area (Å²) in [4.78, 5) is 19.5. The lowest BCUT2D eigenvalue weighted by molar-refractivity contribution is -0.132. The molecule has 3 rings (SSSR count). The quantitative estimate of drug-likeness (QED) is 0.184. The predicted molar refractivity (Wildman–Crippen MR) is 133 cm³/mol. The van der Waals surface area contributed by atoms with Crippen LogP contribution in [0.15, 0.2) is 83.7 Å². The molecule has 0 fully saturated rings. The highest BCUT2D eigenvalue weighted by Crippen LogP contribution is 2.28. The number of allylic oxidation sites excluding steroid dienone is 1. The van der Waals surface area contributed by atoms with Gasteiger partial charge in [0.15, 0.2) is 5.16 Å². The lowest BCUT2D eigenvalue weighted by Crippen LogP contribution is -2.05. The van der Waals surface area contributed by atoms with Crippen LogP contribution >= 0.6 is 23.4 Å². The second kappa shape index (κ2) is 12.3. The summed E-state index contributed by atoms with van der Waals surface area (Å²) in [6, 6.07) is 17.5. The Hall–Kier alpha value is -2.76. The number of benzene rings is 2. The number of nitrogens with one attached hydrogen (secondary N) is 1.